The Kier molecular flexibility index (Phi) is 7.30. The first kappa shape index (κ1) is 23.1. The number of rotatable bonds is 8. The average molecular weight is 435 g/mol. The molecule has 3 rings (SSSR count). The van der Waals surface area contributed by atoms with Crippen molar-refractivity contribution < 1.29 is 14.3 Å². The highest BCUT2D eigenvalue weighted by Crippen LogP contribution is 2.27. The van der Waals surface area contributed by atoms with Gasteiger partial charge in [0.1, 0.15) is 5.75 Å². The highest BCUT2D eigenvalue weighted by molar-refractivity contribution is 5.93. The number of carbonyl (C=O) groups is 2. The van der Waals surface area contributed by atoms with Gasteiger partial charge in [0.2, 0.25) is 17.8 Å². The van der Waals surface area contributed by atoms with E-state index in [4.69, 9.17) is 4.74 Å². The lowest BCUT2D eigenvalue weighted by molar-refractivity contribution is -0.134. The molecule has 0 saturated carbocycles. The van der Waals surface area contributed by atoms with E-state index >= 15 is 0 Å². The van der Waals surface area contributed by atoms with Gasteiger partial charge in [-0.05, 0) is 68.3 Å². The number of aromatic nitrogens is 2. The Morgan fingerprint density at radius 1 is 1.06 bits per heavy atom. The average Bonchev–Trinajstić information content (AvgIpc) is 3.22. The summed E-state index contributed by atoms with van der Waals surface area (Å²) in [7, 11) is 1.62. The molecule has 2 amide bonds. The number of hydrogen-bond donors (Lipinski definition) is 1. The highest BCUT2D eigenvalue weighted by atomic mass is 16.5. The Morgan fingerprint density at radius 2 is 1.78 bits per heavy atom. The second-order valence-corrected chi connectivity index (χ2v) is 7.63. The predicted octanol–water partition coefficient (Wildman–Crippen LogP) is 4.36. The standard InChI is InChI=1S/C25H30N4O3/c1-6-24(31)28(7-2)16-23(30)27-25-26-22(19-9-12-21(32-5)13-10-19)15-29(25)20-11-8-17(3)18(4)14-20/h8-15H,6-7,16H2,1-5H3,(H,26,27,30). The number of imidazole rings is 1. The molecule has 1 N–H and O–H groups in total. The van der Waals surface area contributed by atoms with Crippen LogP contribution in [0.4, 0.5) is 5.95 Å². The van der Waals surface area contributed by atoms with Crippen molar-refractivity contribution in [1.82, 2.24) is 14.5 Å². The van der Waals surface area contributed by atoms with Crippen LogP contribution >= 0.6 is 0 Å². The number of nitrogens with zero attached hydrogens (tertiary/aromatic N) is 3. The van der Waals surface area contributed by atoms with Crippen LogP contribution in [0.3, 0.4) is 0 Å². The Morgan fingerprint density at radius 3 is 2.38 bits per heavy atom. The largest absolute Gasteiger partial charge is 0.497 e. The molecule has 0 radical (unpaired) electrons. The zero-order chi connectivity index (χ0) is 23.3. The summed E-state index contributed by atoms with van der Waals surface area (Å²) in [6, 6.07) is 13.7. The Bertz CT molecular complexity index is 1100. The van der Waals surface area contributed by atoms with Gasteiger partial charge in [0.15, 0.2) is 0 Å². The fourth-order valence-electron chi connectivity index (χ4n) is 3.38. The third kappa shape index (κ3) is 5.17. The molecule has 1 heterocycles. The molecule has 0 aliphatic heterocycles. The summed E-state index contributed by atoms with van der Waals surface area (Å²) in [5.41, 5.74) is 4.85. The first-order valence-corrected chi connectivity index (χ1v) is 10.7. The molecule has 7 nitrogen and oxygen atoms in total. The number of hydrogen-bond acceptors (Lipinski definition) is 4. The first-order chi connectivity index (χ1) is 15.4. The second kappa shape index (κ2) is 10.1. The van der Waals surface area contributed by atoms with Crippen molar-refractivity contribution in [1.29, 1.82) is 0 Å². The molecule has 32 heavy (non-hydrogen) atoms. The van der Waals surface area contributed by atoms with E-state index in [1.54, 1.807) is 14.0 Å². The Hall–Kier alpha value is -3.61. The number of anilines is 1. The molecule has 0 fully saturated rings. The maximum atomic E-state index is 12.8. The van der Waals surface area contributed by atoms with Gasteiger partial charge in [0.05, 0.1) is 19.3 Å². The number of ether oxygens (including phenoxy) is 1. The molecule has 0 spiro atoms. The number of benzene rings is 2. The van der Waals surface area contributed by atoms with E-state index in [9.17, 15) is 9.59 Å². The van der Waals surface area contributed by atoms with Crippen molar-refractivity contribution in [3.8, 4) is 22.7 Å². The number of amides is 2. The number of nitrogens with one attached hydrogen (secondary N) is 1. The molecule has 3 aromatic rings. The molecule has 2 aromatic carbocycles. The van der Waals surface area contributed by atoms with Gasteiger partial charge in [-0.25, -0.2) is 4.98 Å². The van der Waals surface area contributed by atoms with Gasteiger partial charge in [0.25, 0.3) is 0 Å². The third-order valence-electron chi connectivity index (χ3n) is 5.48. The van der Waals surface area contributed by atoms with Crippen LogP contribution in [0.25, 0.3) is 16.9 Å². The first-order valence-electron chi connectivity index (χ1n) is 10.7. The number of carbonyl (C=O) groups excluding carboxylic acids is 2. The van der Waals surface area contributed by atoms with Crippen LogP contribution < -0.4 is 10.1 Å². The van der Waals surface area contributed by atoms with Crippen molar-refractivity contribution in [3.05, 3.63) is 59.8 Å². The lowest BCUT2D eigenvalue weighted by Gasteiger charge is -2.19. The topological polar surface area (TPSA) is 76.5 Å². The van der Waals surface area contributed by atoms with Gasteiger partial charge in [-0.1, -0.05) is 13.0 Å². The van der Waals surface area contributed by atoms with Crippen LogP contribution in [-0.2, 0) is 9.59 Å². The zero-order valence-corrected chi connectivity index (χ0v) is 19.3. The van der Waals surface area contributed by atoms with Crippen LogP contribution in [0, 0.1) is 13.8 Å². The molecular formula is C25H30N4O3. The van der Waals surface area contributed by atoms with Crippen LogP contribution in [0.5, 0.6) is 5.75 Å². The van der Waals surface area contributed by atoms with Gasteiger partial charge < -0.3 is 9.64 Å². The van der Waals surface area contributed by atoms with Crippen LogP contribution in [0.2, 0.25) is 0 Å². The van der Waals surface area contributed by atoms with Gasteiger partial charge in [-0.3, -0.25) is 19.5 Å². The van der Waals surface area contributed by atoms with E-state index in [0.29, 0.717) is 18.9 Å². The highest BCUT2D eigenvalue weighted by Gasteiger charge is 2.18. The minimum Gasteiger partial charge on any atom is -0.497 e. The van der Waals surface area contributed by atoms with Gasteiger partial charge in [-0.15, -0.1) is 0 Å². The maximum Gasteiger partial charge on any atom is 0.246 e. The SMILES string of the molecule is CCC(=O)N(CC)CC(=O)Nc1nc(-c2ccc(OC)cc2)cn1-c1ccc(C)c(C)c1. The summed E-state index contributed by atoms with van der Waals surface area (Å²) >= 11 is 0. The smallest absolute Gasteiger partial charge is 0.246 e. The van der Waals surface area contributed by atoms with E-state index < -0.39 is 0 Å². The van der Waals surface area contributed by atoms with E-state index in [1.807, 2.05) is 61.0 Å². The van der Waals surface area contributed by atoms with E-state index in [-0.39, 0.29) is 18.4 Å². The van der Waals surface area contributed by atoms with Crippen molar-refractivity contribution in [3.63, 3.8) is 0 Å². The van der Waals surface area contributed by atoms with Gasteiger partial charge >= 0.3 is 0 Å². The molecule has 0 bridgehead atoms. The van der Waals surface area contributed by atoms with Crippen molar-refractivity contribution >= 4 is 17.8 Å². The lowest BCUT2D eigenvalue weighted by atomic mass is 10.1. The molecule has 1 aromatic heterocycles. The van der Waals surface area contributed by atoms with Gasteiger partial charge in [0, 0.05) is 30.4 Å². The summed E-state index contributed by atoms with van der Waals surface area (Å²) in [5.74, 6) is 0.824. The quantitative estimate of drug-likeness (QED) is 0.571. The molecule has 168 valence electrons. The molecule has 0 atom stereocenters. The fourth-order valence-corrected chi connectivity index (χ4v) is 3.38. The molecule has 0 saturated heterocycles. The lowest BCUT2D eigenvalue weighted by Crippen LogP contribution is -2.37. The Labute approximate surface area is 189 Å². The van der Waals surface area contributed by atoms with Crippen molar-refractivity contribution in [2.24, 2.45) is 0 Å². The van der Waals surface area contributed by atoms with E-state index in [1.165, 1.54) is 10.5 Å². The molecular weight excluding hydrogens is 404 g/mol. The predicted molar refractivity (Wildman–Crippen MR) is 126 cm³/mol. The van der Waals surface area contributed by atoms with Gasteiger partial charge in [-0.2, -0.15) is 0 Å². The number of methoxy groups -OCH3 is 1. The summed E-state index contributed by atoms with van der Waals surface area (Å²) < 4.78 is 7.10. The van der Waals surface area contributed by atoms with Crippen LogP contribution in [0.1, 0.15) is 31.4 Å². The number of likely N-dealkylation sites (N-methyl/N-ethyl adjacent to an activating group) is 1. The molecule has 0 aliphatic rings. The van der Waals surface area contributed by atoms with Crippen LogP contribution in [-0.4, -0.2) is 46.5 Å². The molecule has 0 aliphatic carbocycles. The minimum atomic E-state index is -0.286. The number of aryl methyl sites for hydroxylation is 2. The molecule has 7 heteroatoms. The third-order valence-corrected chi connectivity index (χ3v) is 5.48. The second-order valence-electron chi connectivity index (χ2n) is 7.63. The van der Waals surface area contributed by atoms with E-state index in [2.05, 4.69) is 23.3 Å². The fraction of sp³-hybridized carbons (Fsp3) is 0.320. The maximum absolute atomic E-state index is 12.8. The summed E-state index contributed by atoms with van der Waals surface area (Å²) in [5, 5.41) is 2.89. The van der Waals surface area contributed by atoms with E-state index in [0.717, 1.165) is 28.3 Å². The molecule has 0 unspecified atom stereocenters. The summed E-state index contributed by atoms with van der Waals surface area (Å²) in [6.45, 7) is 8.22. The monoisotopic (exact) mass is 434 g/mol. The Balaban J connectivity index is 1.96. The normalized spacial score (nSPS) is 10.7. The van der Waals surface area contributed by atoms with Crippen LogP contribution in [0.15, 0.2) is 48.7 Å². The van der Waals surface area contributed by atoms with Crippen molar-refractivity contribution in [2.45, 2.75) is 34.1 Å². The summed E-state index contributed by atoms with van der Waals surface area (Å²) in [6.07, 6.45) is 2.26. The minimum absolute atomic E-state index is 0.0131. The summed E-state index contributed by atoms with van der Waals surface area (Å²) in [4.78, 5) is 31.0. The zero-order valence-electron chi connectivity index (χ0n) is 19.3. The van der Waals surface area contributed by atoms with Crippen molar-refractivity contribution in [2.75, 3.05) is 25.5 Å².